The van der Waals surface area contributed by atoms with Crippen LogP contribution < -0.4 is 10.5 Å². The van der Waals surface area contributed by atoms with Crippen LogP contribution in [-0.2, 0) is 14.8 Å². The van der Waals surface area contributed by atoms with Crippen LogP contribution in [0.1, 0.15) is 5.56 Å². The third-order valence-corrected chi connectivity index (χ3v) is 6.05. The zero-order chi connectivity index (χ0) is 17.0. The van der Waals surface area contributed by atoms with Crippen molar-refractivity contribution in [1.82, 2.24) is 0 Å². The second kappa shape index (κ2) is 7.48. The van der Waals surface area contributed by atoms with Gasteiger partial charge in [-0.05, 0) is 52.7 Å². The highest BCUT2D eigenvalue weighted by Crippen LogP contribution is 2.27. The van der Waals surface area contributed by atoms with E-state index in [1.54, 1.807) is 19.1 Å². The summed E-state index contributed by atoms with van der Waals surface area (Å²) in [7, 11) is -3.82. The molecular weight excluding hydrogens is 400 g/mol. The largest absolute Gasteiger partial charge is 0.325 e. The van der Waals surface area contributed by atoms with Gasteiger partial charge in [0.1, 0.15) is 0 Å². The van der Waals surface area contributed by atoms with E-state index in [0.29, 0.717) is 11.3 Å². The Hall–Kier alpha value is -1.35. The van der Waals surface area contributed by atoms with Crippen molar-refractivity contribution < 1.29 is 13.2 Å². The molecule has 0 spiro atoms. The molecule has 0 fully saturated rings. The fourth-order valence-corrected chi connectivity index (χ4v) is 4.06. The Labute approximate surface area is 147 Å². The Balaban J connectivity index is 2.05. The molecule has 0 aliphatic heterocycles. The van der Waals surface area contributed by atoms with Crippen LogP contribution in [0.4, 0.5) is 5.69 Å². The number of aryl methyl sites for hydroxylation is 1. The molecule has 0 unspecified atom stereocenters. The number of carbonyl (C=O) groups is 1. The van der Waals surface area contributed by atoms with Gasteiger partial charge in [-0.3, -0.25) is 4.79 Å². The molecule has 2 aromatic carbocycles. The Bertz CT molecular complexity index is 838. The molecule has 0 saturated carbocycles. The highest BCUT2D eigenvalue weighted by atomic mass is 79.9. The second-order valence-corrected chi connectivity index (χ2v) is 8.19. The zero-order valence-corrected chi connectivity index (χ0v) is 15.5. The molecule has 0 saturated heterocycles. The summed E-state index contributed by atoms with van der Waals surface area (Å²) in [4.78, 5) is 13.0. The molecule has 0 aliphatic carbocycles. The number of thioether (sulfide) groups is 1. The number of hydrogen-bond donors (Lipinski definition) is 2. The van der Waals surface area contributed by atoms with Gasteiger partial charge in [-0.2, -0.15) is 0 Å². The van der Waals surface area contributed by atoms with Gasteiger partial charge in [0.25, 0.3) is 0 Å². The van der Waals surface area contributed by atoms with Crippen molar-refractivity contribution >= 4 is 49.3 Å². The van der Waals surface area contributed by atoms with Crippen LogP contribution in [0.3, 0.4) is 0 Å². The molecule has 0 heterocycles. The molecule has 8 heteroatoms. The molecule has 23 heavy (non-hydrogen) atoms. The first kappa shape index (κ1) is 18.0. The maximum Gasteiger partial charge on any atom is 0.238 e. The number of benzene rings is 2. The summed E-state index contributed by atoms with van der Waals surface area (Å²) in [5.74, 6) is -0.0174. The summed E-state index contributed by atoms with van der Waals surface area (Å²) < 4.78 is 23.9. The van der Waals surface area contributed by atoms with Crippen molar-refractivity contribution in [2.24, 2.45) is 5.14 Å². The number of primary sulfonamides is 1. The average Bonchev–Trinajstić information content (AvgIpc) is 2.47. The van der Waals surface area contributed by atoms with Gasteiger partial charge >= 0.3 is 0 Å². The van der Waals surface area contributed by atoms with E-state index in [4.69, 9.17) is 5.14 Å². The predicted octanol–water partition coefficient (Wildman–Crippen LogP) is 3.14. The number of halogens is 1. The third-order valence-electron chi connectivity index (χ3n) is 2.97. The van der Waals surface area contributed by atoms with Gasteiger partial charge in [-0.25, -0.2) is 13.6 Å². The first-order chi connectivity index (χ1) is 10.8. The number of anilines is 1. The molecule has 0 atom stereocenters. The van der Waals surface area contributed by atoms with E-state index in [1.807, 2.05) is 24.3 Å². The molecular formula is C15H15BrN2O3S2. The maximum absolute atomic E-state index is 12.0. The number of rotatable bonds is 5. The molecule has 5 nitrogen and oxygen atoms in total. The lowest BCUT2D eigenvalue weighted by molar-refractivity contribution is -0.113. The number of sulfonamides is 1. The molecule has 0 radical (unpaired) electrons. The van der Waals surface area contributed by atoms with Crippen molar-refractivity contribution in [3.63, 3.8) is 0 Å². The zero-order valence-electron chi connectivity index (χ0n) is 12.2. The van der Waals surface area contributed by atoms with Crippen LogP contribution in [-0.4, -0.2) is 20.1 Å². The first-order valence-corrected chi connectivity index (χ1v) is 9.90. The molecule has 0 bridgehead atoms. The molecule has 0 aliphatic rings. The summed E-state index contributed by atoms with van der Waals surface area (Å²) >= 11 is 4.80. The van der Waals surface area contributed by atoms with Crippen LogP contribution in [0.25, 0.3) is 0 Å². The van der Waals surface area contributed by atoms with Crippen LogP contribution >= 0.6 is 27.7 Å². The van der Waals surface area contributed by atoms with Gasteiger partial charge in [-0.1, -0.05) is 18.2 Å². The number of carbonyl (C=O) groups excluding carboxylic acids is 1. The van der Waals surface area contributed by atoms with Gasteiger partial charge in [0.2, 0.25) is 15.9 Å². The van der Waals surface area contributed by atoms with Crippen molar-refractivity contribution in [1.29, 1.82) is 0 Å². The smallest absolute Gasteiger partial charge is 0.238 e. The SMILES string of the molecule is Cc1ccc(NC(=O)CSc2ccccc2Br)cc1S(N)(=O)=O. The second-order valence-electron chi connectivity index (χ2n) is 4.79. The summed E-state index contributed by atoms with van der Waals surface area (Å²) in [6.45, 7) is 1.65. The minimum atomic E-state index is -3.82. The van der Waals surface area contributed by atoms with Crippen molar-refractivity contribution in [3.05, 3.63) is 52.5 Å². The quantitative estimate of drug-likeness (QED) is 0.735. The van der Waals surface area contributed by atoms with E-state index >= 15 is 0 Å². The lowest BCUT2D eigenvalue weighted by Gasteiger charge is -2.09. The molecule has 0 aromatic heterocycles. The monoisotopic (exact) mass is 414 g/mol. The molecule has 3 N–H and O–H groups in total. The van der Waals surface area contributed by atoms with Crippen LogP contribution in [0.15, 0.2) is 56.7 Å². The third kappa shape index (κ3) is 5.07. The lowest BCUT2D eigenvalue weighted by atomic mass is 10.2. The first-order valence-electron chi connectivity index (χ1n) is 6.58. The van der Waals surface area contributed by atoms with Gasteiger partial charge in [0.15, 0.2) is 0 Å². The fourth-order valence-electron chi connectivity index (χ4n) is 1.89. The maximum atomic E-state index is 12.0. The van der Waals surface area contributed by atoms with Crippen molar-refractivity contribution in [2.45, 2.75) is 16.7 Å². The molecule has 122 valence electrons. The highest BCUT2D eigenvalue weighted by Gasteiger charge is 2.13. The van der Waals surface area contributed by atoms with E-state index in [2.05, 4.69) is 21.2 Å². The van der Waals surface area contributed by atoms with Gasteiger partial charge in [0, 0.05) is 15.1 Å². The number of hydrogen-bond acceptors (Lipinski definition) is 4. The van der Waals surface area contributed by atoms with Crippen LogP contribution in [0.5, 0.6) is 0 Å². The van der Waals surface area contributed by atoms with E-state index in [9.17, 15) is 13.2 Å². The van der Waals surface area contributed by atoms with Crippen LogP contribution in [0, 0.1) is 6.92 Å². The van der Waals surface area contributed by atoms with E-state index in [-0.39, 0.29) is 16.6 Å². The fraction of sp³-hybridized carbons (Fsp3) is 0.133. The van der Waals surface area contributed by atoms with Gasteiger partial charge < -0.3 is 5.32 Å². The number of nitrogens with two attached hydrogens (primary N) is 1. The van der Waals surface area contributed by atoms with Crippen molar-refractivity contribution in [3.8, 4) is 0 Å². The van der Waals surface area contributed by atoms with E-state index in [0.717, 1.165) is 9.37 Å². The van der Waals surface area contributed by atoms with E-state index in [1.165, 1.54) is 17.8 Å². The molecule has 2 aromatic rings. The Morgan fingerprint density at radius 3 is 2.61 bits per heavy atom. The predicted molar refractivity (Wildman–Crippen MR) is 96.0 cm³/mol. The summed E-state index contributed by atoms with van der Waals surface area (Å²) in [5.41, 5.74) is 0.936. The average molecular weight is 415 g/mol. The Morgan fingerprint density at radius 2 is 1.96 bits per heavy atom. The highest BCUT2D eigenvalue weighted by molar-refractivity contribution is 9.10. The standard InChI is InChI=1S/C15H15BrN2O3S2/c1-10-6-7-11(8-14(10)23(17,20)21)18-15(19)9-22-13-5-3-2-4-12(13)16/h2-8H,9H2,1H3,(H,18,19)(H2,17,20,21). The van der Waals surface area contributed by atoms with Crippen LogP contribution in [0.2, 0.25) is 0 Å². The Kier molecular flexibility index (Phi) is 5.85. The van der Waals surface area contributed by atoms with Gasteiger partial charge in [0.05, 0.1) is 10.6 Å². The molecule has 1 amide bonds. The molecule has 2 rings (SSSR count). The van der Waals surface area contributed by atoms with E-state index < -0.39 is 10.0 Å². The topological polar surface area (TPSA) is 89.3 Å². The van der Waals surface area contributed by atoms with Gasteiger partial charge in [-0.15, -0.1) is 11.8 Å². The number of nitrogens with one attached hydrogen (secondary N) is 1. The number of amides is 1. The minimum absolute atomic E-state index is 0.00811. The normalized spacial score (nSPS) is 11.3. The summed E-state index contributed by atoms with van der Waals surface area (Å²) in [5, 5.41) is 7.84. The van der Waals surface area contributed by atoms with Crippen molar-refractivity contribution in [2.75, 3.05) is 11.1 Å². The summed E-state index contributed by atoms with van der Waals surface area (Å²) in [6, 6.07) is 12.2. The minimum Gasteiger partial charge on any atom is -0.325 e. The Morgan fingerprint density at radius 1 is 1.26 bits per heavy atom. The summed E-state index contributed by atoms with van der Waals surface area (Å²) in [6.07, 6.45) is 0. The lowest BCUT2D eigenvalue weighted by Crippen LogP contribution is -2.17.